The van der Waals surface area contributed by atoms with E-state index in [0.29, 0.717) is 24.4 Å². The van der Waals surface area contributed by atoms with Gasteiger partial charge in [-0.2, -0.15) is 10.3 Å². The van der Waals surface area contributed by atoms with Crippen molar-refractivity contribution in [2.75, 3.05) is 26.7 Å². The molecule has 0 bridgehead atoms. The van der Waals surface area contributed by atoms with Crippen LogP contribution in [0, 0.1) is 11.3 Å². The van der Waals surface area contributed by atoms with Gasteiger partial charge in [0.2, 0.25) is 0 Å². The zero-order valence-electron chi connectivity index (χ0n) is 16.8. The maximum atomic E-state index is 12.1. The Morgan fingerprint density at radius 2 is 2.07 bits per heavy atom. The second kappa shape index (κ2) is 9.63. The zero-order chi connectivity index (χ0) is 19.9. The summed E-state index contributed by atoms with van der Waals surface area (Å²) in [6.07, 6.45) is 1.84. The van der Waals surface area contributed by atoms with Crippen LogP contribution < -0.4 is 5.32 Å². The van der Waals surface area contributed by atoms with E-state index in [9.17, 15) is 4.79 Å². The second-order valence-electron chi connectivity index (χ2n) is 8.10. The second-order valence-corrected chi connectivity index (χ2v) is 8.10. The van der Waals surface area contributed by atoms with Gasteiger partial charge >= 0.3 is 6.09 Å². The zero-order valence-corrected chi connectivity index (χ0v) is 16.8. The number of hydrogen-bond donors (Lipinski definition) is 1. The number of nitrogens with zero attached hydrogens (tertiary/aromatic N) is 3. The summed E-state index contributed by atoms with van der Waals surface area (Å²) in [7, 11) is 2.13. The van der Waals surface area contributed by atoms with E-state index in [1.54, 1.807) is 12.1 Å². The highest BCUT2D eigenvalue weighted by Crippen LogP contribution is 2.11. The minimum Gasteiger partial charge on any atom is -0.442 e. The lowest BCUT2D eigenvalue weighted by Crippen LogP contribution is -2.33. The summed E-state index contributed by atoms with van der Waals surface area (Å²) in [4.78, 5) is 18.7. The monoisotopic (exact) mass is 370 g/mol. The maximum absolute atomic E-state index is 12.1. The van der Waals surface area contributed by atoms with Crippen LogP contribution in [-0.4, -0.2) is 55.0 Å². The summed E-state index contributed by atoms with van der Waals surface area (Å²) in [5.41, 5.74) is 1.87. The number of hydrogen-bond acceptors (Lipinski definition) is 5. The molecule has 0 radical (unpaired) electrons. The molecule has 0 spiro atoms. The molecule has 1 heterocycles. The highest BCUT2D eigenvalue weighted by Gasteiger charge is 2.19. The number of aliphatic imine (C=N–C) groups is 1. The van der Waals surface area contributed by atoms with Crippen molar-refractivity contribution < 1.29 is 9.53 Å². The van der Waals surface area contributed by atoms with Crippen LogP contribution in [0.2, 0.25) is 0 Å². The van der Waals surface area contributed by atoms with E-state index in [-0.39, 0.29) is 0 Å². The SMILES string of the molecule is CN1CC[C@H](NCCC(Cc2ccc(C#N)cc2)=NC(=O)OC(C)(C)C)C1. The fourth-order valence-electron chi connectivity index (χ4n) is 3.05. The Kier molecular flexibility index (Phi) is 7.52. The van der Waals surface area contributed by atoms with Crippen LogP contribution in [0.25, 0.3) is 0 Å². The van der Waals surface area contributed by atoms with Gasteiger partial charge in [0, 0.05) is 31.3 Å². The van der Waals surface area contributed by atoms with Gasteiger partial charge in [-0.25, -0.2) is 4.79 Å². The topological polar surface area (TPSA) is 77.7 Å². The van der Waals surface area contributed by atoms with Gasteiger partial charge in [0.1, 0.15) is 5.60 Å². The van der Waals surface area contributed by atoms with Crippen molar-refractivity contribution in [2.24, 2.45) is 4.99 Å². The van der Waals surface area contributed by atoms with Crippen LogP contribution in [0.1, 0.15) is 44.7 Å². The fraction of sp³-hybridized carbons (Fsp3) is 0.571. The number of carbonyl (C=O) groups is 1. The predicted octanol–water partition coefficient (Wildman–Crippen LogP) is 3.16. The van der Waals surface area contributed by atoms with E-state index in [4.69, 9.17) is 10.00 Å². The molecule has 1 saturated heterocycles. The highest BCUT2D eigenvalue weighted by molar-refractivity contribution is 5.94. The third-order valence-corrected chi connectivity index (χ3v) is 4.37. The van der Waals surface area contributed by atoms with E-state index >= 15 is 0 Å². The molecule has 1 aliphatic rings. The molecule has 1 atom stereocenters. The van der Waals surface area contributed by atoms with E-state index < -0.39 is 11.7 Å². The highest BCUT2D eigenvalue weighted by atomic mass is 16.6. The lowest BCUT2D eigenvalue weighted by molar-refractivity contribution is 0.0603. The van der Waals surface area contributed by atoms with Crippen LogP contribution in [0.15, 0.2) is 29.3 Å². The molecule has 1 aliphatic heterocycles. The summed E-state index contributed by atoms with van der Waals surface area (Å²) in [5.74, 6) is 0. The van der Waals surface area contributed by atoms with Gasteiger partial charge in [-0.15, -0.1) is 0 Å². The average molecular weight is 370 g/mol. The number of benzene rings is 1. The van der Waals surface area contributed by atoms with Gasteiger partial charge in [-0.1, -0.05) is 12.1 Å². The van der Waals surface area contributed by atoms with Crippen LogP contribution in [0.4, 0.5) is 4.79 Å². The normalized spacial score (nSPS) is 18.3. The molecule has 1 aromatic rings. The lowest BCUT2D eigenvalue weighted by Gasteiger charge is -2.18. The maximum Gasteiger partial charge on any atom is 0.434 e. The molecule has 1 fully saturated rings. The minimum atomic E-state index is -0.563. The molecule has 1 aromatic carbocycles. The van der Waals surface area contributed by atoms with E-state index in [1.807, 2.05) is 32.9 Å². The summed E-state index contributed by atoms with van der Waals surface area (Å²) in [6.45, 7) is 8.43. The number of rotatable bonds is 6. The Bertz CT molecular complexity index is 698. The van der Waals surface area contributed by atoms with E-state index in [0.717, 1.165) is 37.3 Å². The lowest BCUT2D eigenvalue weighted by atomic mass is 10.0. The molecule has 6 nitrogen and oxygen atoms in total. The first-order chi connectivity index (χ1) is 12.7. The van der Waals surface area contributed by atoms with Crippen molar-refractivity contribution in [3.05, 3.63) is 35.4 Å². The summed E-state index contributed by atoms with van der Waals surface area (Å²) >= 11 is 0. The largest absolute Gasteiger partial charge is 0.442 e. The van der Waals surface area contributed by atoms with Crippen molar-refractivity contribution >= 4 is 11.8 Å². The Morgan fingerprint density at radius 1 is 1.37 bits per heavy atom. The first kappa shape index (κ1) is 21.1. The molecule has 0 aliphatic carbocycles. The third-order valence-electron chi connectivity index (χ3n) is 4.37. The van der Waals surface area contributed by atoms with Gasteiger partial charge in [0.15, 0.2) is 0 Å². The molecule has 1 amide bonds. The quantitative estimate of drug-likeness (QED) is 0.778. The molecular formula is C21H30N4O2. The minimum absolute atomic E-state index is 0.493. The van der Waals surface area contributed by atoms with Crippen LogP contribution in [0.3, 0.4) is 0 Å². The first-order valence-electron chi connectivity index (χ1n) is 9.45. The van der Waals surface area contributed by atoms with E-state index in [1.165, 1.54) is 0 Å². The van der Waals surface area contributed by atoms with Gasteiger partial charge in [-0.05, 0) is 64.9 Å². The van der Waals surface area contributed by atoms with Crippen LogP contribution >= 0.6 is 0 Å². The Hall–Kier alpha value is -2.23. The Balaban J connectivity index is 2.00. The van der Waals surface area contributed by atoms with Crippen molar-refractivity contribution in [1.82, 2.24) is 10.2 Å². The molecule has 146 valence electrons. The summed E-state index contributed by atoms with van der Waals surface area (Å²) in [5, 5.41) is 12.5. The van der Waals surface area contributed by atoms with Crippen LogP contribution in [-0.2, 0) is 11.2 Å². The average Bonchev–Trinajstić information content (AvgIpc) is 2.99. The number of ether oxygens (including phenoxy) is 1. The van der Waals surface area contributed by atoms with Gasteiger partial charge in [-0.3, -0.25) is 0 Å². The molecular weight excluding hydrogens is 340 g/mol. The van der Waals surface area contributed by atoms with Gasteiger partial charge in [0.25, 0.3) is 0 Å². The van der Waals surface area contributed by atoms with Crippen molar-refractivity contribution in [3.8, 4) is 6.07 Å². The standard InChI is InChI=1S/C21H30N4O2/c1-21(2,3)27-20(26)24-18(9-11-23-19-10-12-25(4)15-19)13-16-5-7-17(14-22)8-6-16/h5-8,19,23H,9-13,15H2,1-4H3/t19-/m0/s1. The van der Waals surface area contributed by atoms with Crippen LogP contribution in [0.5, 0.6) is 0 Å². The molecule has 27 heavy (non-hydrogen) atoms. The van der Waals surface area contributed by atoms with Gasteiger partial charge in [0.05, 0.1) is 11.6 Å². The third kappa shape index (κ3) is 7.90. The summed E-state index contributed by atoms with van der Waals surface area (Å²) in [6, 6.07) is 9.99. The molecule has 2 rings (SSSR count). The number of likely N-dealkylation sites (N-methyl/N-ethyl adjacent to an activating group) is 1. The number of nitriles is 1. The molecule has 0 aromatic heterocycles. The number of amides is 1. The van der Waals surface area contributed by atoms with Gasteiger partial charge < -0.3 is 15.0 Å². The molecule has 0 unspecified atom stereocenters. The number of carbonyl (C=O) groups excluding carboxylic acids is 1. The Morgan fingerprint density at radius 3 is 2.63 bits per heavy atom. The number of nitrogens with one attached hydrogen (secondary N) is 1. The van der Waals surface area contributed by atoms with Crippen molar-refractivity contribution in [2.45, 2.75) is 51.7 Å². The van der Waals surface area contributed by atoms with E-state index in [2.05, 4.69) is 28.3 Å². The molecule has 0 saturated carbocycles. The van der Waals surface area contributed by atoms with Crippen molar-refractivity contribution in [1.29, 1.82) is 5.26 Å². The smallest absolute Gasteiger partial charge is 0.434 e. The molecule has 6 heteroatoms. The molecule has 1 N–H and O–H groups in total. The fourth-order valence-corrected chi connectivity index (χ4v) is 3.05. The first-order valence-corrected chi connectivity index (χ1v) is 9.45. The van der Waals surface area contributed by atoms with Crippen molar-refractivity contribution in [3.63, 3.8) is 0 Å². The Labute approximate surface area is 162 Å². The number of likely N-dealkylation sites (tertiary alicyclic amines) is 1. The summed E-state index contributed by atoms with van der Waals surface area (Å²) < 4.78 is 5.34. The predicted molar refractivity (Wildman–Crippen MR) is 107 cm³/mol.